The minimum Gasteiger partial charge on any atom is -0.309 e. The molecule has 0 aliphatic rings. The largest absolute Gasteiger partial charge is 0.309 e. The lowest BCUT2D eigenvalue weighted by atomic mass is 9.96. The first-order valence-corrected chi connectivity index (χ1v) is 25.3. The van der Waals surface area contributed by atoms with Gasteiger partial charge in [0.1, 0.15) is 0 Å². The summed E-state index contributed by atoms with van der Waals surface area (Å²) in [5.41, 5.74) is 14.3. The molecule has 0 atom stereocenters. The molecule has 2 nitrogen and oxygen atoms in total. The summed E-state index contributed by atoms with van der Waals surface area (Å²) < 4.78 is 4.94. The Morgan fingerprint density at radius 2 is 0.667 bits per heavy atom. The number of hydrogen-bond donors (Lipinski definition) is 0. The first-order valence-electron chi connectivity index (χ1n) is 23.7. The van der Waals surface area contributed by atoms with Crippen molar-refractivity contribution in [3.05, 3.63) is 279 Å². The zero-order valence-electron chi connectivity index (χ0n) is 37.9. The fourth-order valence-corrected chi connectivity index (χ4v) is 14.7. The molecule has 0 aliphatic carbocycles. The minimum atomic E-state index is -2.00. The average Bonchev–Trinajstić information content (AvgIpc) is 3.95. The van der Waals surface area contributed by atoms with E-state index in [-0.39, 0.29) is 0 Å². The van der Waals surface area contributed by atoms with Gasteiger partial charge in [-0.05, 0) is 130 Å². The Labute approximate surface area is 404 Å². The second-order valence-corrected chi connectivity index (χ2v) is 20.8. The molecule has 0 bridgehead atoms. The molecule has 326 valence electrons. The lowest BCUT2D eigenvalue weighted by Crippen LogP contribution is -2.06. The summed E-state index contributed by atoms with van der Waals surface area (Å²) in [6.07, 6.45) is 0. The van der Waals surface area contributed by atoms with Gasteiger partial charge in [0, 0.05) is 52.5 Å². The van der Waals surface area contributed by atoms with Crippen LogP contribution in [0.15, 0.2) is 299 Å². The third-order valence-electron chi connectivity index (χ3n) is 13.8. The highest BCUT2D eigenvalue weighted by Gasteiger charge is 2.34. The molecule has 11 aromatic carbocycles. The third-order valence-corrected chi connectivity index (χ3v) is 17.7. The lowest BCUT2D eigenvalue weighted by Gasteiger charge is -2.42. The maximum absolute atomic E-state index is 2.47. The quantitative estimate of drug-likeness (QED) is 0.137. The van der Waals surface area contributed by atoms with Gasteiger partial charge in [-0.2, -0.15) is 0 Å². The summed E-state index contributed by atoms with van der Waals surface area (Å²) in [7, 11) is -2.00. The van der Waals surface area contributed by atoms with Gasteiger partial charge in [0.15, 0.2) is 0 Å². The van der Waals surface area contributed by atoms with Crippen molar-refractivity contribution in [3.63, 3.8) is 0 Å². The van der Waals surface area contributed by atoms with Gasteiger partial charge in [-0.1, -0.05) is 182 Å². The van der Waals surface area contributed by atoms with E-state index in [1.807, 2.05) is 0 Å². The van der Waals surface area contributed by atoms with Crippen LogP contribution in [0.3, 0.4) is 0 Å². The SMILES string of the molecule is c1ccc(-c2cccc(-c3cccc4c3c3ccccc3n4-c3ccc4c(c3)c3ccccc3n4-c3cccc(S(c4ccccc4)(c4ccccc4)c4cccc(-c5ccccc5)c4)c3)c2)cc1. The average molecular weight is 899 g/mol. The van der Waals surface area contributed by atoms with Gasteiger partial charge in [0.25, 0.3) is 0 Å². The summed E-state index contributed by atoms with van der Waals surface area (Å²) in [4.78, 5) is 5.16. The van der Waals surface area contributed by atoms with E-state index in [2.05, 4.69) is 288 Å². The highest BCUT2D eigenvalue weighted by atomic mass is 32.3. The van der Waals surface area contributed by atoms with E-state index in [0.29, 0.717) is 0 Å². The summed E-state index contributed by atoms with van der Waals surface area (Å²) in [5, 5.41) is 4.94. The monoisotopic (exact) mass is 898 g/mol. The molecule has 0 spiro atoms. The molecule has 13 aromatic rings. The van der Waals surface area contributed by atoms with Crippen molar-refractivity contribution < 1.29 is 0 Å². The van der Waals surface area contributed by atoms with Crippen LogP contribution in [0, 0.1) is 0 Å². The van der Waals surface area contributed by atoms with Crippen LogP contribution in [0.2, 0.25) is 0 Å². The molecule has 2 aromatic heterocycles. The molecule has 0 aliphatic heterocycles. The second kappa shape index (κ2) is 16.9. The van der Waals surface area contributed by atoms with E-state index < -0.39 is 10.0 Å². The summed E-state index contributed by atoms with van der Waals surface area (Å²) in [6.45, 7) is 0. The maximum Gasteiger partial charge on any atom is 0.0547 e. The van der Waals surface area contributed by atoms with Crippen molar-refractivity contribution in [1.29, 1.82) is 0 Å². The molecule has 0 unspecified atom stereocenters. The molecule has 0 amide bonds. The van der Waals surface area contributed by atoms with Gasteiger partial charge in [-0.25, -0.2) is 0 Å². The van der Waals surface area contributed by atoms with Crippen molar-refractivity contribution >= 4 is 53.6 Å². The molecular formula is C66H46N2S. The van der Waals surface area contributed by atoms with E-state index >= 15 is 0 Å². The van der Waals surface area contributed by atoms with E-state index in [1.54, 1.807) is 0 Å². The summed E-state index contributed by atoms with van der Waals surface area (Å²) >= 11 is 0. The number of fused-ring (bicyclic) bond motifs is 6. The Balaban J connectivity index is 1.00. The van der Waals surface area contributed by atoms with Crippen LogP contribution < -0.4 is 0 Å². The van der Waals surface area contributed by atoms with E-state index in [4.69, 9.17) is 0 Å². The standard InChI is InChI=1S/C66H46N2S/c1-5-21-47(22-6-1)49-25-17-27-51(43-49)58-37-20-40-65-66(58)60-36-14-16-39-63(60)68(65)53-41-42-64-61(46-53)59-35-13-15-38-62(59)67(64)52-28-19-34-57(45-52)69(54-29-9-3-10-30-54,55-31-11-4-12-32-55)56-33-18-26-50(44-56)48-23-7-2-8-24-48/h1-46H. The van der Waals surface area contributed by atoms with Gasteiger partial charge in [0.2, 0.25) is 0 Å². The Bertz CT molecular complexity index is 3960. The summed E-state index contributed by atoms with van der Waals surface area (Å²) in [5.74, 6) is 0. The maximum atomic E-state index is 2.47. The lowest BCUT2D eigenvalue weighted by molar-refractivity contribution is 1.14. The topological polar surface area (TPSA) is 9.86 Å². The van der Waals surface area contributed by atoms with Gasteiger partial charge >= 0.3 is 0 Å². The smallest absolute Gasteiger partial charge is 0.0547 e. The van der Waals surface area contributed by atoms with Crippen LogP contribution in [-0.4, -0.2) is 9.13 Å². The number of nitrogens with zero attached hydrogens (tertiary/aromatic N) is 2. The van der Waals surface area contributed by atoms with Gasteiger partial charge in [0.05, 0.1) is 22.1 Å². The number of benzene rings is 11. The van der Waals surface area contributed by atoms with Crippen molar-refractivity contribution in [2.75, 3.05) is 0 Å². The summed E-state index contributed by atoms with van der Waals surface area (Å²) in [6, 6.07) is 103. The van der Waals surface area contributed by atoms with Gasteiger partial charge in [-0.3, -0.25) is 0 Å². The van der Waals surface area contributed by atoms with E-state index in [0.717, 1.165) is 11.4 Å². The van der Waals surface area contributed by atoms with Crippen LogP contribution in [0.25, 0.3) is 88.4 Å². The molecule has 2 heterocycles. The number of hydrogen-bond acceptors (Lipinski definition) is 0. The Morgan fingerprint density at radius 1 is 0.232 bits per heavy atom. The first-order chi connectivity index (χ1) is 34.2. The molecule has 13 rings (SSSR count). The van der Waals surface area contributed by atoms with Crippen LogP contribution in [0.4, 0.5) is 0 Å². The Morgan fingerprint density at radius 3 is 1.35 bits per heavy atom. The fourth-order valence-electron chi connectivity index (χ4n) is 10.8. The van der Waals surface area contributed by atoms with Crippen molar-refractivity contribution in [1.82, 2.24) is 9.13 Å². The minimum absolute atomic E-state index is 1.13. The highest BCUT2D eigenvalue weighted by molar-refractivity contribution is 8.34. The third kappa shape index (κ3) is 6.73. The van der Waals surface area contributed by atoms with Crippen LogP contribution in [-0.2, 0) is 0 Å². The van der Waals surface area contributed by atoms with Crippen LogP contribution in [0.1, 0.15) is 0 Å². The zero-order valence-corrected chi connectivity index (χ0v) is 38.7. The van der Waals surface area contributed by atoms with E-state index in [1.165, 1.54) is 96.6 Å². The van der Waals surface area contributed by atoms with Crippen molar-refractivity contribution in [3.8, 4) is 44.8 Å². The Kier molecular flexibility index (Phi) is 9.96. The molecule has 69 heavy (non-hydrogen) atoms. The first kappa shape index (κ1) is 40.6. The van der Waals surface area contributed by atoms with Gasteiger partial charge < -0.3 is 9.13 Å². The number of para-hydroxylation sites is 2. The molecular weight excluding hydrogens is 853 g/mol. The fraction of sp³-hybridized carbons (Fsp3) is 0. The Hall–Kier alpha value is -8.63. The predicted octanol–water partition coefficient (Wildman–Crippen LogP) is 18.2. The zero-order chi connectivity index (χ0) is 45.7. The van der Waals surface area contributed by atoms with Crippen molar-refractivity contribution in [2.24, 2.45) is 0 Å². The molecule has 3 heteroatoms. The molecule has 0 fully saturated rings. The van der Waals surface area contributed by atoms with Crippen LogP contribution >= 0.6 is 10.0 Å². The van der Waals surface area contributed by atoms with E-state index in [9.17, 15) is 0 Å². The van der Waals surface area contributed by atoms with Gasteiger partial charge in [-0.15, -0.1) is 10.0 Å². The van der Waals surface area contributed by atoms with Crippen molar-refractivity contribution in [2.45, 2.75) is 19.6 Å². The highest BCUT2D eigenvalue weighted by Crippen LogP contribution is 2.73. The predicted molar refractivity (Wildman–Crippen MR) is 291 cm³/mol. The number of rotatable bonds is 9. The molecule has 0 saturated carbocycles. The molecule has 0 N–H and O–H groups in total. The second-order valence-electron chi connectivity index (χ2n) is 17.7. The number of aromatic nitrogens is 2. The normalized spacial score (nSPS) is 12.0. The molecule has 0 saturated heterocycles. The molecule has 0 radical (unpaired) electrons. The van der Waals surface area contributed by atoms with Crippen LogP contribution in [0.5, 0.6) is 0 Å².